The first kappa shape index (κ1) is 15.3. The van der Waals surface area contributed by atoms with E-state index in [1.54, 1.807) is 0 Å². The fourth-order valence-corrected chi connectivity index (χ4v) is 4.10. The molecule has 2 aliphatic carbocycles. The van der Waals surface area contributed by atoms with Crippen LogP contribution in [-0.4, -0.2) is 18.6 Å². The molecule has 2 rings (SSSR count). The maximum Gasteiger partial charge on any atom is 0.00698 e. The Hall–Kier alpha value is -0.0800. The maximum absolute atomic E-state index is 6.26. The van der Waals surface area contributed by atoms with Crippen molar-refractivity contribution in [1.82, 2.24) is 5.32 Å². The lowest BCUT2D eigenvalue weighted by Crippen LogP contribution is -2.50. The summed E-state index contributed by atoms with van der Waals surface area (Å²) in [4.78, 5) is 0. The van der Waals surface area contributed by atoms with E-state index in [0.29, 0.717) is 17.4 Å². The molecule has 0 aliphatic heterocycles. The van der Waals surface area contributed by atoms with Gasteiger partial charge in [0.15, 0.2) is 0 Å². The number of hydrogen-bond donors (Lipinski definition) is 2. The highest BCUT2D eigenvalue weighted by Crippen LogP contribution is 2.44. The molecule has 2 nitrogen and oxygen atoms in total. The van der Waals surface area contributed by atoms with Crippen LogP contribution in [0.2, 0.25) is 0 Å². The van der Waals surface area contributed by atoms with E-state index < -0.39 is 0 Å². The molecule has 0 aromatic heterocycles. The molecule has 19 heavy (non-hydrogen) atoms. The summed E-state index contributed by atoms with van der Waals surface area (Å²) >= 11 is 0. The maximum atomic E-state index is 6.26. The van der Waals surface area contributed by atoms with E-state index in [4.69, 9.17) is 5.73 Å². The zero-order valence-corrected chi connectivity index (χ0v) is 13.3. The Kier molecular flexibility index (Phi) is 5.30. The second-order valence-corrected chi connectivity index (χ2v) is 7.64. The van der Waals surface area contributed by atoms with Crippen molar-refractivity contribution in [2.24, 2.45) is 23.0 Å². The van der Waals surface area contributed by atoms with E-state index in [2.05, 4.69) is 26.1 Å². The fraction of sp³-hybridized carbons (Fsp3) is 1.00. The summed E-state index contributed by atoms with van der Waals surface area (Å²) in [6.45, 7) is 8.41. The number of nitrogens with one attached hydrogen (secondary N) is 1. The van der Waals surface area contributed by atoms with Gasteiger partial charge in [0.1, 0.15) is 0 Å². The average Bonchev–Trinajstić information content (AvgIpc) is 2.64. The summed E-state index contributed by atoms with van der Waals surface area (Å²) in [7, 11) is 0. The first-order valence-corrected chi connectivity index (χ1v) is 8.50. The van der Waals surface area contributed by atoms with Crippen molar-refractivity contribution in [3.63, 3.8) is 0 Å². The number of rotatable bonds is 3. The smallest absolute Gasteiger partial charge is 0.00698 e. The van der Waals surface area contributed by atoms with Gasteiger partial charge in [0.2, 0.25) is 0 Å². The standard InChI is InChI=1S/C17H34N2/c1-13-16(18)11-10-14(17(13,2)3)12-19-15-8-6-4-5-7-9-15/h13-16,19H,4-12,18H2,1-3H3. The van der Waals surface area contributed by atoms with Crippen LogP contribution in [0.15, 0.2) is 0 Å². The molecule has 0 saturated heterocycles. The zero-order valence-electron chi connectivity index (χ0n) is 13.3. The van der Waals surface area contributed by atoms with Gasteiger partial charge in [-0.2, -0.15) is 0 Å². The largest absolute Gasteiger partial charge is 0.327 e. The van der Waals surface area contributed by atoms with E-state index in [-0.39, 0.29) is 0 Å². The summed E-state index contributed by atoms with van der Waals surface area (Å²) < 4.78 is 0. The highest BCUT2D eigenvalue weighted by atomic mass is 14.9. The van der Waals surface area contributed by atoms with Gasteiger partial charge in [-0.05, 0) is 49.5 Å². The van der Waals surface area contributed by atoms with Crippen LogP contribution in [0.1, 0.15) is 72.1 Å². The molecule has 0 spiro atoms. The first-order valence-electron chi connectivity index (χ1n) is 8.50. The quantitative estimate of drug-likeness (QED) is 0.764. The molecule has 2 heteroatoms. The third kappa shape index (κ3) is 3.72. The SMILES string of the molecule is CC1C(N)CCC(CNC2CCCCCC2)C1(C)C. The lowest BCUT2D eigenvalue weighted by atomic mass is 9.61. The minimum absolute atomic E-state index is 0.384. The minimum Gasteiger partial charge on any atom is -0.327 e. The summed E-state index contributed by atoms with van der Waals surface area (Å²) in [6.07, 6.45) is 11.0. The third-order valence-electron chi connectivity index (χ3n) is 6.22. The van der Waals surface area contributed by atoms with Crippen LogP contribution < -0.4 is 11.1 Å². The van der Waals surface area contributed by atoms with Crippen LogP contribution in [-0.2, 0) is 0 Å². The molecule has 3 unspecified atom stereocenters. The molecule has 3 N–H and O–H groups in total. The topological polar surface area (TPSA) is 38.0 Å². The molecule has 0 heterocycles. The number of hydrogen-bond acceptors (Lipinski definition) is 2. The predicted octanol–water partition coefficient (Wildman–Crippen LogP) is 3.70. The van der Waals surface area contributed by atoms with Crippen molar-refractivity contribution in [1.29, 1.82) is 0 Å². The highest BCUT2D eigenvalue weighted by molar-refractivity contribution is 4.94. The molecule has 0 radical (unpaired) electrons. The van der Waals surface area contributed by atoms with Gasteiger partial charge < -0.3 is 11.1 Å². The monoisotopic (exact) mass is 266 g/mol. The number of nitrogens with two attached hydrogens (primary N) is 1. The van der Waals surface area contributed by atoms with Crippen molar-refractivity contribution in [3.8, 4) is 0 Å². The van der Waals surface area contributed by atoms with Crippen LogP contribution in [0.5, 0.6) is 0 Å². The second-order valence-electron chi connectivity index (χ2n) is 7.64. The van der Waals surface area contributed by atoms with Crippen molar-refractivity contribution in [2.45, 2.75) is 84.2 Å². The molecule has 2 aliphatic rings. The van der Waals surface area contributed by atoms with Crippen molar-refractivity contribution in [2.75, 3.05) is 6.54 Å². The van der Waals surface area contributed by atoms with Crippen LogP contribution >= 0.6 is 0 Å². The van der Waals surface area contributed by atoms with Gasteiger partial charge in [0.05, 0.1) is 0 Å². The third-order valence-corrected chi connectivity index (χ3v) is 6.22. The molecule has 2 saturated carbocycles. The molecule has 0 aromatic rings. The lowest BCUT2D eigenvalue weighted by molar-refractivity contribution is 0.0520. The zero-order chi connectivity index (χ0) is 13.9. The second kappa shape index (κ2) is 6.58. The van der Waals surface area contributed by atoms with Gasteiger partial charge in [-0.25, -0.2) is 0 Å². The molecule has 3 atom stereocenters. The van der Waals surface area contributed by atoms with Gasteiger partial charge in [-0.3, -0.25) is 0 Å². The Morgan fingerprint density at radius 3 is 2.26 bits per heavy atom. The Labute approximate surface area is 119 Å². The molecule has 0 bridgehead atoms. The molecule has 112 valence electrons. The summed E-state index contributed by atoms with van der Waals surface area (Å²) in [5, 5.41) is 3.88. The van der Waals surface area contributed by atoms with Crippen LogP contribution in [0.4, 0.5) is 0 Å². The van der Waals surface area contributed by atoms with E-state index in [9.17, 15) is 0 Å². The molecule has 0 aromatic carbocycles. The van der Waals surface area contributed by atoms with Crippen molar-refractivity contribution < 1.29 is 0 Å². The minimum atomic E-state index is 0.384. The predicted molar refractivity (Wildman–Crippen MR) is 83.1 cm³/mol. The van der Waals surface area contributed by atoms with Gasteiger partial charge in [0, 0.05) is 12.1 Å². The Morgan fingerprint density at radius 1 is 1.00 bits per heavy atom. The van der Waals surface area contributed by atoms with Gasteiger partial charge in [0.25, 0.3) is 0 Å². The van der Waals surface area contributed by atoms with Crippen molar-refractivity contribution in [3.05, 3.63) is 0 Å². The Bertz CT molecular complexity index is 266. The van der Waals surface area contributed by atoms with Crippen LogP contribution in [0.3, 0.4) is 0 Å². The summed E-state index contributed by atoms with van der Waals surface area (Å²) in [6, 6.07) is 1.19. The Morgan fingerprint density at radius 2 is 1.63 bits per heavy atom. The van der Waals surface area contributed by atoms with Crippen LogP contribution in [0, 0.1) is 17.3 Å². The molecular weight excluding hydrogens is 232 g/mol. The van der Waals surface area contributed by atoms with E-state index in [1.807, 2.05) is 0 Å². The fourth-order valence-electron chi connectivity index (χ4n) is 4.10. The Balaban J connectivity index is 1.84. The first-order chi connectivity index (χ1) is 9.01. The van der Waals surface area contributed by atoms with Gasteiger partial charge >= 0.3 is 0 Å². The van der Waals surface area contributed by atoms with Crippen LogP contribution in [0.25, 0.3) is 0 Å². The van der Waals surface area contributed by atoms with Crippen molar-refractivity contribution >= 4 is 0 Å². The average molecular weight is 266 g/mol. The van der Waals surface area contributed by atoms with Gasteiger partial charge in [-0.15, -0.1) is 0 Å². The van der Waals surface area contributed by atoms with E-state index in [0.717, 1.165) is 12.0 Å². The molecular formula is C17H34N2. The molecule has 2 fully saturated rings. The normalized spacial score (nSPS) is 36.9. The summed E-state index contributed by atoms with van der Waals surface area (Å²) in [5.41, 5.74) is 6.64. The van der Waals surface area contributed by atoms with Gasteiger partial charge in [-0.1, -0.05) is 46.5 Å². The molecule has 0 amide bonds. The van der Waals surface area contributed by atoms with E-state index in [1.165, 1.54) is 57.9 Å². The van der Waals surface area contributed by atoms with E-state index >= 15 is 0 Å². The lowest BCUT2D eigenvalue weighted by Gasteiger charge is -2.47. The highest BCUT2D eigenvalue weighted by Gasteiger charge is 2.41. The summed E-state index contributed by atoms with van der Waals surface area (Å²) in [5.74, 6) is 1.44.